The van der Waals surface area contributed by atoms with Gasteiger partial charge in [0.15, 0.2) is 5.96 Å². The van der Waals surface area contributed by atoms with Crippen LogP contribution in [0.5, 0.6) is 0 Å². The summed E-state index contributed by atoms with van der Waals surface area (Å²) >= 11 is 0. The Morgan fingerprint density at radius 2 is 1.86 bits per heavy atom. The molecule has 2 N–H and O–H groups in total. The van der Waals surface area contributed by atoms with E-state index in [1.807, 2.05) is 0 Å². The Hall–Kier alpha value is -1.62. The van der Waals surface area contributed by atoms with E-state index in [0.717, 1.165) is 37.7 Å². The standard InChI is InChI=1S/C16H27FN4/c1-4-11-21(5-2)12-10-19-16(18-3)20-13-14-6-8-15(17)9-7-14/h6-9H,4-5,10-13H2,1-3H3,(H2,18,19,20). The molecule has 0 unspecified atom stereocenters. The maximum Gasteiger partial charge on any atom is 0.191 e. The minimum atomic E-state index is -0.211. The number of hydrogen-bond donors (Lipinski definition) is 2. The van der Waals surface area contributed by atoms with Crippen LogP contribution < -0.4 is 10.6 Å². The summed E-state index contributed by atoms with van der Waals surface area (Å²) in [5.41, 5.74) is 1.03. The largest absolute Gasteiger partial charge is 0.355 e. The highest BCUT2D eigenvalue weighted by Crippen LogP contribution is 2.01. The van der Waals surface area contributed by atoms with E-state index in [2.05, 4.69) is 34.4 Å². The molecule has 0 saturated heterocycles. The topological polar surface area (TPSA) is 39.7 Å². The average Bonchev–Trinajstić information content (AvgIpc) is 2.51. The number of likely N-dealkylation sites (N-methyl/N-ethyl adjacent to an activating group) is 1. The van der Waals surface area contributed by atoms with Crippen LogP contribution in [0.15, 0.2) is 29.3 Å². The Morgan fingerprint density at radius 3 is 2.43 bits per heavy atom. The Kier molecular flexibility index (Phi) is 8.43. The maximum atomic E-state index is 12.8. The number of nitrogens with one attached hydrogen (secondary N) is 2. The Morgan fingerprint density at radius 1 is 1.14 bits per heavy atom. The first-order chi connectivity index (χ1) is 10.2. The first-order valence-corrected chi connectivity index (χ1v) is 7.60. The number of aliphatic imine (C=N–C) groups is 1. The second kappa shape index (κ2) is 10.2. The van der Waals surface area contributed by atoms with Crippen molar-refractivity contribution >= 4 is 5.96 Å². The zero-order valence-corrected chi connectivity index (χ0v) is 13.3. The Bertz CT molecular complexity index is 417. The molecule has 0 aliphatic carbocycles. The van der Waals surface area contributed by atoms with Crippen LogP contribution in [0.4, 0.5) is 4.39 Å². The third-order valence-corrected chi connectivity index (χ3v) is 3.30. The van der Waals surface area contributed by atoms with Gasteiger partial charge in [-0.2, -0.15) is 0 Å². The first-order valence-electron chi connectivity index (χ1n) is 7.60. The SMILES string of the molecule is CCCN(CC)CCNC(=NC)NCc1ccc(F)cc1. The van der Waals surface area contributed by atoms with Gasteiger partial charge in [-0.3, -0.25) is 4.99 Å². The summed E-state index contributed by atoms with van der Waals surface area (Å²) in [5.74, 6) is 0.559. The molecule has 118 valence electrons. The van der Waals surface area contributed by atoms with Crippen LogP contribution in [-0.4, -0.2) is 44.1 Å². The van der Waals surface area contributed by atoms with Crippen molar-refractivity contribution in [3.8, 4) is 0 Å². The van der Waals surface area contributed by atoms with Gasteiger partial charge in [0.1, 0.15) is 5.82 Å². The third kappa shape index (κ3) is 7.09. The average molecular weight is 294 g/mol. The number of halogens is 1. The predicted molar refractivity (Wildman–Crippen MR) is 87.0 cm³/mol. The summed E-state index contributed by atoms with van der Waals surface area (Å²) in [6.07, 6.45) is 1.17. The molecule has 1 rings (SSSR count). The second-order valence-electron chi connectivity index (χ2n) is 4.91. The zero-order valence-electron chi connectivity index (χ0n) is 13.3. The number of guanidine groups is 1. The summed E-state index contributed by atoms with van der Waals surface area (Å²) in [7, 11) is 1.75. The number of benzene rings is 1. The summed E-state index contributed by atoms with van der Waals surface area (Å²) in [6, 6.07) is 6.49. The van der Waals surface area contributed by atoms with Crippen molar-refractivity contribution in [2.45, 2.75) is 26.8 Å². The highest BCUT2D eigenvalue weighted by Gasteiger charge is 2.02. The Labute approximate surface area is 127 Å². The summed E-state index contributed by atoms with van der Waals surface area (Å²) in [6.45, 7) is 9.05. The van der Waals surface area contributed by atoms with Crippen LogP contribution in [0.2, 0.25) is 0 Å². The molecular formula is C16H27FN4. The molecule has 0 aromatic heterocycles. The van der Waals surface area contributed by atoms with Crippen molar-refractivity contribution in [2.75, 3.05) is 33.2 Å². The summed E-state index contributed by atoms with van der Waals surface area (Å²) in [5, 5.41) is 6.52. The fourth-order valence-corrected chi connectivity index (χ4v) is 2.09. The van der Waals surface area contributed by atoms with Gasteiger partial charge >= 0.3 is 0 Å². The Balaban J connectivity index is 2.30. The van der Waals surface area contributed by atoms with E-state index >= 15 is 0 Å². The fraction of sp³-hybridized carbons (Fsp3) is 0.562. The van der Waals surface area contributed by atoms with Gasteiger partial charge in [-0.15, -0.1) is 0 Å². The molecule has 0 aliphatic rings. The van der Waals surface area contributed by atoms with Crippen molar-refractivity contribution in [2.24, 2.45) is 4.99 Å². The molecule has 4 nitrogen and oxygen atoms in total. The van der Waals surface area contributed by atoms with Crippen LogP contribution in [-0.2, 0) is 6.54 Å². The van der Waals surface area contributed by atoms with Crippen LogP contribution in [0.3, 0.4) is 0 Å². The van der Waals surface area contributed by atoms with Crippen LogP contribution in [0.1, 0.15) is 25.8 Å². The molecule has 1 aromatic rings. The number of nitrogens with zero attached hydrogens (tertiary/aromatic N) is 2. The molecule has 0 saturated carbocycles. The lowest BCUT2D eigenvalue weighted by molar-refractivity contribution is 0.293. The van der Waals surface area contributed by atoms with Gasteiger partial charge in [0.25, 0.3) is 0 Å². The molecular weight excluding hydrogens is 267 g/mol. The lowest BCUT2D eigenvalue weighted by Crippen LogP contribution is -2.41. The second-order valence-corrected chi connectivity index (χ2v) is 4.91. The van der Waals surface area contributed by atoms with Gasteiger partial charge in [-0.05, 0) is 37.2 Å². The van der Waals surface area contributed by atoms with Crippen LogP contribution >= 0.6 is 0 Å². The van der Waals surface area contributed by atoms with Crippen molar-refractivity contribution in [1.29, 1.82) is 0 Å². The van der Waals surface area contributed by atoms with E-state index in [0.29, 0.717) is 6.54 Å². The predicted octanol–water partition coefficient (Wildman–Crippen LogP) is 2.22. The first kappa shape index (κ1) is 17.4. The molecule has 1 aromatic carbocycles. The lowest BCUT2D eigenvalue weighted by Gasteiger charge is -2.20. The minimum Gasteiger partial charge on any atom is -0.355 e. The van der Waals surface area contributed by atoms with Crippen molar-refractivity contribution < 1.29 is 4.39 Å². The molecule has 0 heterocycles. The number of hydrogen-bond acceptors (Lipinski definition) is 2. The van der Waals surface area contributed by atoms with Gasteiger partial charge in [0.05, 0.1) is 0 Å². The van der Waals surface area contributed by atoms with Gasteiger partial charge in [0, 0.05) is 26.7 Å². The van der Waals surface area contributed by atoms with E-state index in [1.165, 1.54) is 18.6 Å². The van der Waals surface area contributed by atoms with E-state index in [1.54, 1.807) is 19.2 Å². The van der Waals surface area contributed by atoms with Gasteiger partial charge in [-0.25, -0.2) is 4.39 Å². The molecule has 21 heavy (non-hydrogen) atoms. The molecule has 0 atom stereocenters. The minimum absolute atomic E-state index is 0.211. The van der Waals surface area contributed by atoms with Gasteiger partial charge in [-0.1, -0.05) is 26.0 Å². The van der Waals surface area contributed by atoms with Crippen LogP contribution in [0, 0.1) is 5.82 Å². The highest BCUT2D eigenvalue weighted by molar-refractivity contribution is 5.79. The molecule has 0 fully saturated rings. The molecule has 0 radical (unpaired) electrons. The van der Waals surface area contributed by atoms with Crippen molar-refractivity contribution in [1.82, 2.24) is 15.5 Å². The van der Waals surface area contributed by atoms with Crippen molar-refractivity contribution in [3.05, 3.63) is 35.6 Å². The van der Waals surface area contributed by atoms with E-state index in [-0.39, 0.29) is 5.82 Å². The molecule has 5 heteroatoms. The van der Waals surface area contributed by atoms with Crippen LogP contribution in [0.25, 0.3) is 0 Å². The molecule has 0 bridgehead atoms. The lowest BCUT2D eigenvalue weighted by atomic mass is 10.2. The molecule has 0 amide bonds. The van der Waals surface area contributed by atoms with E-state index < -0.39 is 0 Å². The van der Waals surface area contributed by atoms with E-state index in [9.17, 15) is 4.39 Å². The maximum absolute atomic E-state index is 12.8. The molecule has 0 spiro atoms. The molecule has 0 aliphatic heterocycles. The van der Waals surface area contributed by atoms with Gasteiger partial charge in [0.2, 0.25) is 0 Å². The highest BCUT2D eigenvalue weighted by atomic mass is 19.1. The zero-order chi connectivity index (χ0) is 15.5. The van der Waals surface area contributed by atoms with E-state index in [4.69, 9.17) is 0 Å². The third-order valence-electron chi connectivity index (χ3n) is 3.30. The normalized spacial score (nSPS) is 11.8. The van der Waals surface area contributed by atoms with Gasteiger partial charge < -0.3 is 15.5 Å². The summed E-state index contributed by atoms with van der Waals surface area (Å²) in [4.78, 5) is 6.59. The summed E-state index contributed by atoms with van der Waals surface area (Å²) < 4.78 is 12.8. The van der Waals surface area contributed by atoms with Crippen molar-refractivity contribution in [3.63, 3.8) is 0 Å². The fourth-order valence-electron chi connectivity index (χ4n) is 2.09. The number of rotatable bonds is 8. The monoisotopic (exact) mass is 294 g/mol. The smallest absolute Gasteiger partial charge is 0.191 e. The quantitative estimate of drug-likeness (QED) is 0.570.